The van der Waals surface area contributed by atoms with Crippen LogP contribution in [0.3, 0.4) is 0 Å². The van der Waals surface area contributed by atoms with Crippen LogP contribution in [-0.2, 0) is 19.2 Å². The summed E-state index contributed by atoms with van der Waals surface area (Å²) in [6.45, 7) is 7.44. The first-order valence-electron chi connectivity index (χ1n) is 7.03. The third kappa shape index (κ3) is 3.43. The molecule has 0 radical (unpaired) electrons. The minimum absolute atomic E-state index is 0.0840. The number of hydrogen-bond acceptors (Lipinski definition) is 6. The van der Waals surface area contributed by atoms with Crippen LogP contribution in [0.15, 0.2) is 16.5 Å². The maximum Gasteiger partial charge on any atom is 0.316 e. The monoisotopic (exact) mass is 297 g/mol. The van der Waals surface area contributed by atoms with Gasteiger partial charge in [-0.25, -0.2) is 0 Å². The van der Waals surface area contributed by atoms with Gasteiger partial charge in [-0.3, -0.25) is 9.59 Å². The average Bonchev–Trinajstić information content (AvgIpc) is 2.40. The predicted molar refractivity (Wildman–Crippen MR) is 77.9 cm³/mol. The number of aliphatic hydroxyl groups excluding tert-OH is 1. The summed E-state index contributed by atoms with van der Waals surface area (Å²) in [5.41, 5.74) is -0.271. The van der Waals surface area contributed by atoms with E-state index in [0.29, 0.717) is 18.7 Å². The highest BCUT2D eigenvalue weighted by molar-refractivity contribution is 6.23. The Labute approximate surface area is 124 Å². The summed E-state index contributed by atoms with van der Waals surface area (Å²) in [5.74, 6) is -1.95. The molecule has 1 rings (SSSR count). The Balaban J connectivity index is 3.39. The molecule has 21 heavy (non-hydrogen) atoms. The number of carbonyl (C=O) groups is 2. The van der Waals surface area contributed by atoms with E-state index in [-0.39, 0.29) is 23.5 Å². The lowest BCUT2D eigenvalue weighted by Crippen LogP contribution is -2.41. The minimum Gasteiger partial charge on any atom is -0.511 e. The quantitative estimate of drug-likeness (QED) is 0.478. The molecule has 0 spiro atoms. The molecule has 0 aromatic carbocycles. The highest BCUT2D eigenvalue weighted by atomic mass is 16.6. The molecule has 0 saturated heterocycles. The molecule has 1 atom stereocenters. The standard InChI is InChI=1S/C15H23NO5/c1-6-9(16-21-7-2)11-10(17)8-15(3,4)12(13(11)18)14(19)20-5/h12,18H,6-8H2,1-5H3/t12-/m0/s1. The third-order valence-electron chi connectivity index (χ3n) is 3.57. The van der Waals surface area contributed by atoms with E-state index in [9.17, 15) is 14.7 Å². The summed E-state index contributed by atoms with van der Waals surface area (Å²) in [7, 11) is 1.26. The Kier molecular flexibility index (Phi) is 5.52. The van der Waals surface area contributed by atoms with Crippen LogP contribution in [0.2, 0.25) is 0 Å². The van der Waals surface area contributed by atoms with Crippen LogP contribution < -0.4 is 0 Å². The van der Waals surface area contributed by atoms with Gasteiger partial charge in [0.25, 0.3) is 0 Å². The number of ether oxygens (including phenoxy) is 1. The first kappa shape index (κ1) is 17.2. The second-order valence-corrected chi connectivity index (χ2v) is 5.61. The van der Waals surface area contributed by atoms with E-state index in [1.165, 1.54) is 7.11 Å². The summed E-state index contributed by atoms with van der Waals surface area (Å²) >= 11 is 0. The van der Waals surface area contributed by atoms with Gasteiger partial charge < -0.3 is 14.7 Å². The fraction of sp³-hybridized carbons (Fsp3) is 0.667. The van der Waals surface area contributed by atoms with E-state index in [0.717, 1.165) is 0 Å². The van der Waals surface area contributed by atoms with Crippen molar-refractivity contribution < 1.29 is 24.3 Å². The molecule has 118 valence electrons. The Morgan fingerprint density at radius 3 is 2.52 bits per heavy atom. The topological polar surface area (TPSA) is 85.2 Å². The van der Waals surface area contributed by atoms with Crippen molar-refractivity contribution >= 4 is 17.5 Å². The molecule has 0 amide bonds. The summed E-state index contributed by atoms with van der Waals surface area (Å²) in [5, 5.41) is 14.3. The lowest BCUT2D eigenvalue weighted by Gasteiger charge is -2.36. The van der Waals surface area contributed by atoms with Gasteiger partial charge in [0.1, 0.15) is 18.3 Å². The van der Waals surface area contributed by atoms with Crippen LogP contribution >= 0.6 is 0 Å². The van der Waals surface area contributed by atoms with E-state index in [1.54, 1.807) is 27.7 Å². The van der Waals surface area contributed by atoms with Crippen molar-refractivity contribution in [2.75, 3.05) is 13.7 Å². The van der Waals surface area contributed by atoms with Crippen molar-refractivity contribution in [2.45, 2.75) is 40.5 Å². The van der Waals surface area contributed by atoms with E-state index in [1.807, 2.05) is 0 Å². The first-order valence-corrected chi connectivity index (χ1v) is 7.03. The Hall–Kier alpha value is -1.85. The van der Waals surface area contributed by atoms with Gasteiger partial charge in [-0.05, 0) is 18.8 Å². The SMILES string of the molecule is CCON=C(CC)C1=C(O)[C@@H](C(=O)OC)C(C)(C)CC1=O. The number of aliphatic hydroxyl groups is 1. The molecular formula is C15H23NO5. The van der Waals surface area contributed by atoms with Crippen molar-refractivity contribution in [1.29, 1.82) is 0 Å². The lowest BCUT2D eigenvalue weighted by molar-refractivity contribution is -0.150. The molecule has 0 bridgehead atoms. The maximum atomic E-state index is 12.3. The van der Waals surface area contributed by atoms with Gasteiger partial charge in [0.2, 0.25) is 0 Å². The molecule has 0 saturated carbocycles. The maximum absolute atomic E-state index is 12.3. The summed E-state index contributed by atoms with van der Waals surface area (Å²) in [6.07, 6.45) is 0.552. The summed E-state index contributed by atoms with van der Waals surface area (Å²) < 4.78 is 4.76. The molecule has 0 aromatic heterocycles. The number of carbonyl (C=O) groups excluding carboxylic acids is 2. The lowest BCUT2D eigenvalue weighted by atomic mass is 9.67. The molecule has 1 N–H and O–H groups in total. The fourth-order valence-electron chi connectivity index (χ4n) is 2.55. The third-order valence-corrected chi connectivity index (χ3v) is 3.57. The number of rotatable bonds is 5. The van der Waals surface area contributed by atoms with Gasteiger partial charge in [-0.2, -0.15) is 0 Å². The zero-order valence-electron chi connectivity index (χ0n) is 13.2. The van der Waals surface area contributed by atoms with Gasteiger partial charge in [-0.15, -0.1) is 0 Å². The van der Waals surface area contributed by atoms with Crippen LogP contribution in [0.4, 0.5) is 0 Å². The number of methoxy groups -OCH3 is 1. The summed E-state index contributed by atoms with van der Waals surface area (Å²) in [6, 6.07) is 0. The number of oxime groups is 1. The van der Waals surface area contributed by atoms with Crippen molar-refractivity contribution in [2.24, 2.45) is 16.5 Å². The number of Topliss-reactive ketones (excluding diaryl/α,β-unsaturated/α-hetero) is 1. The Morgan fingerprint density at radius 2 is 2.05 bits per heavy atom. The zero-order chi connectivity index (χ0) is 16.2. The van der Waals surface area contributed by atoms with Gasteiger partial charge in [0, 0.05) is 6.42 Å². The molecule has 0 aromatic rings. The van der Waals surface area contributed by atoms with Crippen molar-refractivity contribution in [1.82, 2.24) is 0 Å². The highest BCUT2D eigenvalue weighted by Crippen LogP contribution is 2.42. The normalized spacial score (nSPS) is 22.2. The van der Waals surface area contributed by atoms with Crippen LogP contribution in [0.25, 0.3) is 0 Å². The second-order valence-electron chi connectivity index (χ2n) is 5.61. The van der Waals surface area contributed by atoms with Gasteiger partial charge in [-0.1, -0.05) is 25.9 Å². The molecule has 0 fully saturated rings. The highest BCUT2D eigenvalue weighted by Gasteiger charge is 2.47. The predicted octanol–water partition coefficient (Wildman–Crippen LogP) is 2.39. The van der Waals surface area contributed by atoms with Gasteiger partial charge >= 0.3 is 5.97 Å². The number of esters is 1. The van der Waals surface area contributed by atoms with E-state index < -0.39 is 17.3 Å². The molecule has 0 heterocycles. The van der Waals surface area contributed by atoms with Crippen LogP contribution in [0.1, 0.15) is 40.5 Å². The Morgan fingerprint density at radius 1 is 1.43 bits per heavy atom. The van der Waals surface area contributed by atoms with Gasteiger partial charge in [0.15, 0.2) is 5.78 Å². The average molecular weight is 297 g/mol. The zero-order valence-corrected chi connectivity index (χ0v) is 13.2. The van der Waals surface area contributed by atoms with Crippen molar-refractivity contribution in [3.63, 3.8) is 0 Å². The first-order chi connectivity index (χ1) is 9.80. The smallest absolute Gasteiger partial charge is 0.316 e. The van der Waals surface area contributed by atoms with Crippen LogP contribution in [0, 0.1) is 11.3 Å². The molecule has 1 aliphatic rings. The molecule has 0 aliphatic heterocycles. The Bertz CT molecular complexity index is 490. The van der Waals surface area contributed by atoms with E-state index in [4.69, 9.17) is 9.57 Å². The van der Waals surface area contributed by atoms with Crippen molar-refractivity contribution in [3.05, 3.63) is 11.3 Å². The van der Waals surface area contributed by atoms with Crippen LogP contribution in [0.5, 0.6) is 0 Å². The molecule has 6 heteroatoms. The molecule has 1 aliphatic carbocycles. The van der Waals surface area contributed by atoms with E-state index in [2.05, 4.69) is 5.16 Å². The molecule has 0 unspecified atom stereocenters. The number of allylic oxidation sites excluding steroid dienone is 1. The number of hydrogen-bond donors (Lipinski definition) is 1. The number of ketones is 1. The molecular weight excluding hydrogens is 274 g/mol. The second kappa shape index (κ2) is 6.74. The fourth-order valence-corrected chi connectivity index (χ4v) is 2.55. The largest absolute Gasteiger partial charge is 0.511 e. The molecule has 6 nitrogen and oxygen atoms in total. The van der Waals surface area contributed by atoms with Crippen LogP contribution in [-0.4, -0.2) is 36.3 Å². The summed E-state index contributed by atoms with van der Waals surface area (Å²) in [4.78, 5) is 29.3. The minimum atomic E-state index is -0.881. The van der Waals surface area contributed by atoms with Gasteiger partial charge in [0.05, 0.1) is 18.4 Å². The number of nitrogens with zero attached hydrogens (tertiary/aromatic N) is 1. The van der Waals surface area contributed by atoms with E-state index >= 15 is 0 Å². The van der Waals surface area contributed by atoms with Crippen molar-refractivity contribution in [3.8, 4) is 0 Å².